The number of para-hydroxylation sites is 1. The Labute approximate surface area is 104 Å². The lowest BCUT2D eigenvalue weighted by molar-refractivity contribution is -0.117. The Kier molecular flexibility index (Phi) is 3.30. The van der Waals surface area contributed by atoms with E-state index < -0.39 is 0 Å². The lowest BCUT2D eigenvalue weighted by Gasteiger charge is -2.19. The molecule has 0 aliphatic carbocycles. The molecule has 1 fully saturated rings. The molecule has 2 rings (SSSR count). The molecule has 1 saturated heterocycles. The number of benzene rings is 1. The summed E-state index contributed by atoms with van der Waals surface area (Å²) in [5.41, 5.74) is 0.415. The quantitative estimate of drug-likeness (QED) is 0.799. The summed E-state index contributed by atoms with van der Waals surface area (Å²) in [4.78, 5) is 13.3. The zero-order valence-electron chi connectivity index (χ0n) is 8.56. The number of carbonyl (C=O) groups excluding carboxylic acids is 1. The highest BCUT2D eigenvalue weighted by Crippen LogP contribution is 2.38. The number of thiol groups is 1. The number of amides is 1. The third kappa shape index (κ3) is 1.99. The molecule has 5 heteroatoms. The molecule has 1 aliphatic rings. The Morgan fingerprint density at radius 1 is 1.56 bits per heavy atom. The van der Waals surface area contributed by atoms with Crippen LogP contribution in [0.25, 0.3) is 0 Å². The van der Waals surface area contributed by atoms with Crippen LogP contribution in [0.1, 0.15) is 6.42 Å². The molecule has 0 saturated carbocycles. The highest BCUT2D eigenvalue weighted by Gasteiger charge is 2.32. The van der Waals surface area contributed by atoms with Crippen LogP contribution in [-0.4, -0.2) is 23.3 Å². The van der Waals surface area contributed by atoms with Gasteiger partial charge >= 0.3 is 0 Å². The summed E-state index contributed by atoms with van der Waals surface area (Å²) in [6.45, 7) is 0.569. The minimum atomic E-state index is -0.0116. The van der Waals surface area contributed by atoms with Crippen molar-refractivity contribution < 1.29 is 9.90 Å². The second kappa shape index (κ2) is 4.55. The molecule has 3 nitrogen and oxygen atoms in total. The second-order valence-electron chi connectivity index (χ2n) is 3.86. The van der Waals surface area contributed by atoms with Crippen molar-refractivity contribution in [1.29, 1.82) is 0 Å². The van der Waals surface area contributed by atoms with E-state index in [-0.39, 0.29) is 17.6 Å². The van der Waals surface area contributed by atoms with Gasteiger partial charge in [0.1, 0.15) is 11.4 Å². The van der Waals surface area contributed by atoms with Crippen LogP contribution in [0.5, 0.6) is 5.75 Å². The summed E-state index contributed by atoms with van der Waals surface area (Å²) in [5, 5.41) is 10.1. The Bertz CT molecular complexity index is 404. The van der Waals surface area contributed by atoms with Crippen molar-refractivity contribution in [3.8, 4) is 5.75 Å². The Morgan fingerprint density at radius 2 is 2.31 bits per heavy atom. The molecule has 1 unspecified atom stereocenters. The maximum absolute atomic E-state index is 11.8. The topological polar surface area (TPSA) is 40.5 Å². The van der Waals surface area contributed by atoms with Gasteiger partial charge in [-0.3, -0.25) is 4.79 Å². The van der Waals surface area contributed by atoms with Gasteiger partial charge in [-0.2, -0.15) is 12.6 Å². The van der Waals surface area contributed by atoms with Crippen LogP contribution in [0.15, 0.2) is 18.2 Å². The van der Waals surface area contributed by atoms with Crippen molar-refractivity contribution in [1.82, 2.24) is 0 Å². The monoisotopic (exact) mass is 257 g/mol. The first kappa shape index (κ1) is 11.6. The molecule has 0 aromatic heterocycles. The van der Waals surface area contributed by atoms with Crippen LogP contribution in [-0.2, 0) is 4.79 Å². The van der Waals surface area contributed by atoms with Crippen LogP contribution < -0.4 is 4.90 Å². The van der Waals surface area contributed by atoms with E-state index in [9.17, 15) is 9.90 Å². The van der Waals surface area contributed by atoms with E-state index in [1.807, 2.05) is 0 Å². The molecule has 0 spiro atoms. The molecule has 0 radical (unpaired) electrons. The largest absolute Gasteiger partial charge is 0.506 e. The minimum Gasteiger partial charge on any atom is -0.506 e. The van der Waals surface area contributed by atoms with E-state index in [1.54, 1.807) is 17.0 Å². The first-order valence-corrected chi connectivity index (χ1v) is 6.03. The maximum atomic E-state index is 11.8. The van der Waals surface area contributed by atoms with Gasteiger partial charge in [0, 0.05) is 13.0 Å². The van der Waals surface area contributed by atoms with Gasteiger partial charge < -0.3 is 10.0 Å². The summed E-state index contributed by atoms with van der Waals surface area (Å²) in [6.07, 6.45) is 0.466. The molecule has 1 aromatic carbocycles. The van der Waals surface area contributed by atoms with Gasteiger partial charge in [0.2, 0.25) is 5.91 Å². The normalized spacial score (nSPS) is 20.5. The van der Waals surface area contributed by atoms with Crippen molar-refractivity contribution in [3.63, 3.8) is 0 Å². The molecular formula is C11H12ClNO2S. The van der Waals surface area contributed by atoms with Gasteiger partial charge in [0.15, 0.2) is 0 Å². The average Bonchev–Trinajstić information content (AvgIpc) is 2.60. The van der Waals surface area contributed by atoms with Crippen LogP contribution >= 0.6 is 24.2 Å². The Morgan fingerprint density at radius 3 is 2.88 bits per heavy atom. The van der Waals surface area contributed by atoms with Crippen molar-refractivity contribution in [2.24, 2.45) is 5.92 Å². The number of nitrogens with zero attached hydrogens (tertiary/aromatic N) is 1. The lowest BCUT2D eigenvalue weighted by Crippen LogP contribution is -2.25. The van der Waals surface area contributed by atoms with Gasteiger partial charge in [0.05, 0.1) is 5.02 Å². The SMILES string of the molecule is O=C1CC(CS)CN1c1c(O)cccc1Cl. The van der Waals surface area contributed by atoms with Crippen LogP contribution in [0.3, 0.4) is 0 Å². The first-order valence-electron chi connectivity index (χ1n) is 5.02. The van der Waals surface area contributed by atoms with E-state index in [0.717, 1.165) is 0 Å². The Balaban J connectivity index is 2.35. The molecule has 1 aromatic rings. The van der Waals surface area contributed by atoms with Crippen LogP contribution in [0.4, 0.5) is 5.69 Å². The third-order valence-electron chi connectivity index (χ3n) is 2.70. The third-order valence-corrected chi connectivity index (χ3v) is 3.52. The summed E-state index contributed by atoms with van der Waals surface area (Å²) < 4.78 is 0. The van der Waals surface area contributed by atoms with Crippen molar-refractivity contribution in [2.45, 2.75) is 6.42 Å². The molecule has 1 N–H and O–H groups in total. The molecule has 86 valence electrons. The number of aromatic hydroxyl groups is 1. The van der Waals surface area contributed by atoms with Crippen LogP contribution in [0.2, 0.25) is 5.02 Å². The number of phenolic OH excluding ortho intramolecular Hbond substituents is 1. The highest BCUT2D eigenvalue weighted by atomic mass is 35.5. The number of rotatable bonds is 2. The number of hydrogen-bond donors (Lipinski definition) is 2. The molecule has 1 atom stereocenters. The van der Waals surface area contributed by atoms with Crippen molar-refractivity contribution in [3.05, 3.63) is 23.2 Å². The smallest absolute Gasteiger partial charge is 0.227 e. The van der Waals surface area contributed by atoms with E-state index in [0.29, 0.717) is 29.4 Å². The summed E-state index contributed by atoms with van der Waals surface area (Å²) in [6, 6.07) is 4.85. The molecule has 1 amide bonds. The number of anilines is 1. The molecule has 1 aliphatic heterocycles. The van der Waals surface area contributed by atoms with Gasteiger partial charge in [-0.1, -0.05) is 17.7 Å². The second-order valence-corrected chi connectivity index (χ2v) is 4.64. The average molecular weight is 258 g/mol. The fourth-order valence-electron chi connectivity index (χ4n) is 1.89. The van der Waals surface area contributed by atoms with E-state index in [1.165, 1.54) is 6.07 Å². The summed E-state index contributed by atoms with van der Waals surface area (Å²) in [7, 11) is 0. The van der Waals surface area contributed by atoms with E-state index in [2.05, 4.69) is 12.6 Å². The number of hydrogen-bond acceptors (Lipinski definition) is 3. The number of phenols is 1. The minimum absolute atomic E-state index is 0.0116. The standard InChI is InChI=1S/C11H12ClNO2S/c12-8-2-1-3-9(14)11(8)13-5-7(6-16)4-10(13)15/h1-3,7,14,16H,4-6H2. The summed E-state index contributed by atoms with van der Waals surface area (Å²) in [5.74, 6) is 0.919. The fourth-order valence-corrected chi connectivity index (χ4v) is 2.41. The Hall–Kier alpha value is -0.870. The van der Waals surface area contributed by atoms with E-state index >= 15 is 0 Å². The van der Waals surface area contributed by atoms with Crippen molar-refractivity contribution >= 4 is 35.8 Å². The predicted molar refractivity (Wildman–Crippen MR) is 67.4 cm³/mol. The van der Waals surface area contributed by atoms with Gasteiger partial charge in [-0.25, -0.2) is 0 Å². The fraction of sp³-hybridized carbons (Fsp3) is 0.364. The molecule has 0 bridgehead atoms. The number of halogens is 1. The van der Waals surface area contributed by atoms with Gasteiger partial charge in [0.25, 0.3) is 0 Å². The summed E-state index contributed by atoms with van der Waals surface area (Å²) >= 11 is 10.2. The highest BCUT2D eigenvalue weighted by molar-refractivity contribution is 7.80. The predicted octanol–water partition coefficient (Wildman–Crippen LogP) is 2.33. The van der Waals surface area contributed by atoms with Gasteiger partial charge in [-0.05, 0) is 23.8 Å². The first-order chi connectivity index (χ1) is 7.63. The van der Waals surface area contributed by atoms with Gasteiger partial charge in [-0.15, -0.1) is 0 Å². The lowest BCUT2D eigenvalue weighted by atomic mass is 10.1. The van der Waals surface area contributed by atoms with E-state index in [4.69, 9.17) is 11.6 Å². The molecular weight excluding hydrogens is 246 g/mol. The maximum Gasteiger partial charge on any atom is 0.227 e. The molecule has 16 heavy (non-hydrogen) atoms. The molecule has 1 heterocycles. The van der Waals surface area contributed by atoms with Crippen LogP contribution in [0, 0.1) is 5.92 Å². The van der Waals surface area contributed by atoms with Crippen molar-refractivity contribution in [2.75, 3.05) is 17.2 Å². The zero-order valence-corrected chi connectivity index (χ0v) is 10.2. The number of carbonyl (C=O) groups is 1. The zero-order chi connectivity index (χ0) is 11.7.